The normalized spacial score (nSPS) is 21.4. The fraction of sp³-hybridized carbons (Fsp3) is 0.321. The minimum atomic E-state index is -3.04. The summed E-state index contributed by atoms with van der Waals surface area (Å²) in [5, 5.41) is 4.76. The number of carbonyl (C=O) groups excluding carboxylic acids is 1. The molecule has 11 heteroatoms. The van der Waals surface area contributed by atoms with Crippen molar-refractivity contribution in [2.45, 2.75) is 37.8 Å². The summed E-state index contributed by atoms with van der Waals surface area (Å²) in [6.45, 7) is -3.04. The van der Waals surface area contributed by atoms with Crippen LogP contribution in [0.2, 0.25) is 0 Å². The first-order chi connectivity index (χ1) is 18.7. The van der Waals surface area contributed by atoms with Gasteiger partial charge in [0.1, 0.15) is 18.3 Å². The average molecular weight is 552 g/mol. The van der Waals surface area contributed by atoms with Crippen molar-refractivity contribution in [2.75, 3.05) is 19.4 Å². The van der Waals surface area contributed by atoms with E-state index in [0.29, 0.717) is 46.7 Å². The summed E-state index contributed by atoms with van der Waals surface area (Å²) < 4.78 is 61.5. The van der Waals surface area contributed by atoms with Gasteiger partial charge in [0, 0.05) is 59.9 Å². The third-order valence-corrected chi connectivity index (χ3v) is 11.5. The van der Waals surface area contributed by atoms with Gasteiger partial charge in [0.05, 0.1) is 17.3 Å². The maximum atomic E-state index is 15.2. The van der Waals surface area contributed by atoms with Crippen LogP contribution in [0.4, 0.5) is 13.2 Å². The lowest BCUT2D eigenvalue weighted by Crippen LogP contribution is -2.30. The number of amides is 1. The molecule has 4 aromatic rings. The molecular weight excluding hydrogens is 528 g/mol. The zero-order valence-electron chi connectivity index (χ0n) is 21.0. The maximum absolute atomic E-state index is 15.2. The van der Waals surface area contributed by atoms with Crippen LogP contribution in [0.25, 0.3) is 16.6 Å². The molecule has 39 heavy (non-hydrogen) atoms. The fourth-order valence-corrected chi connectivity index (χ4v) is 9.33. The van der Waals surface area contributed by atoms with Crippen molar-refractivity contribution in [3.8, 4) is 16.9 Å². The van der Waals surface area contributed by atoms with E-state index in [1.807, 2.05) is 6.07 Å². The molecule has 7 rings (SSSR count). The molecule has 0 radical (unpaired) electrons. The molecule has 1 aromatic carbocycles. The Morgan fingerprint density at radius 1 is 1.10 bits per heavy atom. The molecule has 0 saturated carbocycles. The molecule has 2 unspecified atom stereocenters. The van der Waals surface area contributed by atoms with Crippen LogP contribution in [0.15, 0.2) is 48.8 Å². The number of aromatic nitrogens is 3. The Bertz CT molecular complexity index is 1710. The third-order valence-electron chi connectivity index (χ3n) is 8.30. The highest BCUT2D eigenvalue weighted by molar-refractivity contribution is 7.71. The van der Waals surface area contributed by atoms with E-state index < -0.39 is 25.5 Å². The fourth-order valence-electron chi connectivity index (χ4n) is 6.49. The van der Waals surface area contributed by atoms with Crippen LogP contribution in [0.3, 0.4) is 0 Å². The summed E-state index contributed by atoms with van der Waals surface area (Å²) in [6.07, 6.45) is 6.41. The molecule has 2 bridgehead atoms. The van der Waals surface area contributed by atoms with Gasteiger partial charge in [-0.15, -0.1) is 0 Å². The number of ether oxygens (including phenoxy) is 1. The van der Waals surface area contributed by atoms with Crippen LogP contribution in [-0.2, 0) is 4.57 Å². The molecule has 200 valence electrons. The van der Waals surface area contributed by atoms with Gasteiger partial charge >= 0.3 is 6.61 Å². The predicted molar refractivity (Wildman–Crippen MR) is 139 cm³/mol. The standard InChI is InChI=1S/C28H24F3N4O3P/c1-34-21-13-18(23-17(27(34)36)5-4-6-22(23)38-28(30)31)24-20-12-15(7-8-35(20)33-25(21)24)16-11-19(29)26(32-14-16)39(37)9-2-3-10-39/h4-8,11-12,14,18,21,28H,2-3,9-10,13H2,1H3. The largest absolute Gasteiger partial charge is 0.434 e. The molecule has 0 N–H and O–H groups in total. The number of benzene rings is 1. The number of rotatable bonds is 4. The summed E-state index contributed by atoms with van der Waals surface area (Å²) in [5.74, 6) is -1.27. The van der Waals surface area contributed by atoms with Crippen molar-refractivity contribution in [3.63, 3.8) is 0 Å². The van der Waals surface area contributed by atoms with Gasteiger partial charge in [-0.05, 0) is 55.2 Å². The Balaban J connectivity index is 1.37. The molecule has 3 aliphatic rings. The molecule has 2 aliphatic heterocycles. The molecule has 7 nitrogen and oxygen atoms in total. The summed E-state index contributed by atoms with van der Waals surface area (Å²) in [5.41, 5.74) is 4.31. The smallest absolute Gasteiger partial charge is 0.387 e. The molecular formula is C28H24F3N4O3P. The second-order valence-electron chi connectivity index (χ2n) is 10.4. The summed E-state index contributed by atoms with van der Waals surface area (Å²) in [4.78, 5) is 19.2. The Labute approximate surface area is 222 Å². The number of alkyl halides is 2. The van der Waals surface area contributed by atoms with E-state index in [1.54, 1.807) is 47.1 Å². The SMILES string of the molecule is CN1C(=O)c2cccc(OC(F)F)c2C2CC1c1nn3ccc(-c4cnc(P5(=O)CCCC5)c(F)c4)cc3c12. The number of halogens is 3. The molecule has 2 atom stereocenters. The van der Waals surface area contributed by atoms with Crippen molar-refractivity contribution in [2.24, 2.45) is 0 Å². The number of nitrogens with zero attached hydrogens (tertiary/aromatic N) is 4. The minimum Gasteiger partial charge on any atom is -0.434 e. The summed E-state index contributed by atoms with van der Waals surface area (Å²) in [7, 11) is -1.09. The molecule has 1 fully saturated rings. The van der Waals surface area contributed by atoms with E-state index in [1.165, 1.54) is 12.1 Å². The number of pyridine rings is 2. The van der Waals surface area contributed by atoms with Gasteiger partial charge in [0.25, 0.3) is 5.91 Å². The lowest BCUT2D eigenvalue weighted by Gasteiger charge is -2.23. The summed E-state index contributed by atoms with van der Waals surface area (Å²) >= 11 is 0. The molecule has 1 aliphatic carbocycles. The predicted octanol–water partition coefficient (Wildman–Crippen LogP) is 5.58. The number of hydrogen-bond acceptors (Lipinski definition) is 5. The van der Waals surface area contributed by atoms with E-state index >= 15 is 4.39 Å². The van der Waals surface area contributed by atoms with E-state index in [0.717, 1.165) is 23.9 Å². The highest BCUT2D eigenvalue weighted by Gasteiger charge is 2.46. The first-order valence-electron chi connectivity index (χ1n) is 12.9. The molecule has 0 spiro atoms. The topological polar surface area (TPSA) is 76.8 Å². The number of hydrogen-bond donors (Lipinski definition) is 0. The maximum Gasteiger partial charge on any atom is 0.387 e. The van der Waals surface area contributed by atoms with E-state index in [-0.39, 0.29) is 23.1 Å². The lowest BCUT2D eigenvalue weighted by molar-refractivity contribution is -0.0505. The van der Waals surface area contributed by atoms with Crippen LogP contribution in [0.5, 0.6) is 5.75 Å². The molecule has 3 aromatic heterocycles. The zero-order chi connectivity index (χ0) is 27.1. The van der Waals surface area contributed by atoms with Crippen LogP contribution in [0.1, 0.15) is 58.4 Å². The first kappa shape index (κ1) is 24.4. The van der Waals surface area contributed by atoms with Gasteiger partial charge in [0.2, 0.25) is 0 Å². The Morgan fingerprint density at radius 3 is 2.64 bits per heavy atom. The summed E-state index contributed by atoms with van der Waals surface area (Å²) in [6, 6.07) is 9.34. The van der Waals surface area contributed by atoms with Gasteiger partial charge in [0.15, 0.2) is 5.82 Å². The van der Waals surface area contributed by atoms with Gasteiger partial charge < -0.3 is 14.2 Å². The lowest BCUT2D eigenvalue weighted by atomic mass is 9.88. The van der Waals surface area contributed by atoms with E-state index in [4.69, 9.17) is 9.84 Å². The van der Waals surface area contributed by atoms with Crippen LogP contribution < -0.4 is 10.2 Å². The molecule has 1 amide bonds. The first-order valence-corrected chi connectivity index (χ1v) is 14.9. The zero-order valence-corrected chi connectivity index (χ0v) is 21.9. The Hall–Kier alpha value is -3.65. The van der Waals surface area contributed by atoms with Crippen molar-refractivity contribution >= 4 is 24.0 Å². The van der Waals surface area contributed by atoms with Gasteiger partial charge in [-0.3, -0.25) is 4.79 Å². The van der Waals surface area contributed by atoms with Crippen LogP contribution >= 0.6 is 7.14 Å². The van der Waals surface area contributed by atoms with Gasteiger partial charge in [-0.1, -0.05) is 6.07 Å². The third kappa shape index (κ3) is 3.64. The van der Waals surface area contributed by atoms with Gasteiger partial charge in [-0.2, -0.15) is 13.9 Å². The van der Waals surface area contributed by atoms with Crippen LogP contribution in [-0.4, -0.2) is 51.4 Å². The monoisotopic (exact) mass is 552 g/mol. The number of carbonyl (C=O) groups is 1. The van der Waals surface area contributed by atoms with E-state index in [9.17, 15) is 18.1 Å². The highest BCUT2D eigenvalue weighted by atomic mass is 31.2. The molecule has 1 saturated heterocycles. The van der Waals surface area contributed by atoms with Crippen molar-refractivity contribution in [1.29, 1.82) is 0 Å². The van der Waals surface area contributed by atoms with Gasteiger partial charge in [-0.25, -0.2) is 13.9 Å². The second kappa shape index (κ2) is 8.68. The quantitative estimate of drug-likeness (QED) is 0.309. The Kier molecular flexibility index (Phi) is 5.43. The van der Waals surface area contributed by atoms with E-state index in [2.05, 4.69) is 4.98 Å². The number of fused-ring (bicyclic) bond motifs is 9. The molecule has 5 heterocycles. The van der Waals surface area contributed by atoms with Crippen molar-refractivity contribution in [1.82, 2.24) is 19.5 Å². The minimum absolute atomic E-state index is 0.0260. The Morgan fingerprint density at radius 2 is 1.90 bits per heavy atom. The second-order valence-corrected chi connectivity index (χ2v) is 13.5. The van der Waals surface area contributed by atoms with Crippen molar-refractivity contribution < 1.29 is 27.3 Å². The van der Waals surface area contributed by atoms with Crippen LogP contribution in [0, 0.1) is 5.82 Å². The average Bonchev–Trinajstić information content (AvgIpc) is 3.60. The van der Waals surface area contributed by atoms with Crippen molar-refractivity contribution in [3.05, 3.63) is 77.0 Å². The highest BCUT2D eigenvalue weighted by Crippen LogP contribution is 2.54.